The molecule has 0 bridgehead atoms. The molecule has 25 heavy (non-hydrogen) atoms. The topological polar surface area (TPSA) is 70.8 Å². The van der Waals surface area contributed by atoms with Crippen LogP contribution in [0.15, 0.2) is 46.9 Å². The van der Waals surface area contributed by atoms with Gasteiger partial charge in [0.1, 0.15) is 17.0 Å². The van der Waals surface area contributed by atoms with Crippen molar-refractivity contribution in [1.29, 1.82) is 0 Å². The van der Waals surface area contributed by atoms with Crippen molar-refractivity contribution < 1.29 is 23.4 Å². The van der Waals surface area contributed by atoms with Gasteiger partial charge in [0, 0.05) is 0 Å². The lowest BCUT2D eigenvalue weighted by Gasteiger charge is -2.13. The summed E-state index contributed by atoms with van der Waals surface area (Å²) in [5.74, 6) is 0.624. The van der Waals surface area contributed by atoms with E-state index in [1.54, 1.807) is 56.3 Å². The molecule has 0 radical (unpaired) electrons. The van der Waals surface area contributed by atoms with Crippen molar-refractivity contribution in [3.8, 4) is 17.6 Å². The van der Waals surface area contributed by atoms with Gasteiger partial charge < -0.3 is 18.6 Å². The zero-order chi connectivity index (χ0) is 17.8. The number of para-hydroxylation sites is 1. The Morgan fingerprint density at radius 2 is 1.92 bits per heavy atom. The van der Waals surface area contributed by atoms with Gasteiger partial charge in [0.05, 0.1) is 11.6 Å². The van der Waals surface area contributed by atoms with E-state index in [9.17, 15) is 4.79 Å². The van der Waals surface area contributed by atoms with Crippen LogP contribution in [0.25, 0.3) is 11.1 Å². The Morgan fingerprint density at radius 1 is 1.20 bits per heavy atom. The van der Waals surface area contributed by atoms with Crippen LogP contribution in [0.2, 0.25) is 5.02 Å². The number of hydrogen-bond acceptors (Lipinski definition) is 6. The lowest BCUT2D eigenvalue weighted by molar-refractivity contribution is -0.150. The average molecular weight is 362 g/mol. The third-order valence-corrected chi connectivity index (χ3v) is 3.61. The number of carbonyl (C=O) groups is 1. The fourth-order valence-corrected chi connectivity index (χ4v) is 2.35. The van der Waals surface area contributed by atoms with Gasteiger partial charge in [0.15, 0.2) is 11.7 Å². The number of ether oxygens (including phenoxy) is 3. The number of rotatable bonds is 6. The van der Waals surface area contributed by atoms with Crippen molar-refractivity contribution in [1.82, 2.24) is 4.98 Å². The van der Waals surface area contributed by atoms with Crippen LogP contribution in [0, 0.1) is 0 Å². The largest absolute Gasteiger partial charge is 0.479 e. The van der Waals surface area contributed by atoms with E-state index >= 15 is 0 Å². The first-order valence-corrected chi connectivity index (χ1v) is 8.11. The second kappa shape index (κ2) is 7.44. The molecule has 0 aliphatic carbocycles. The van der Waals surface area contributed by atoms with Gasteiger partial charge in [-0.1, -0.05) is 17.7 Å². The third-order valence-electron chi connectivity index (χ3n) is 3.31. The third kappa shape index (κ3) is 4.03. The zero-order valence-electron chi connectivity index (χ0n) is 13.7. The summed E-state index contributed by atoms with van der Waals surface area (Å²) in [4.78, 5) is 15.8. The van der Waals surface area contributed by atoms with Gasteiger partial charge in [-0.2, -0.15) is 4.98 Å². The number of oxazole rings is 1. The van der Waals surface area contributed by atoms with Gasteiger partial charge >= 0.3 is 12.0 Å². The number of benzene rings is 2. The molecule has 0 spiro atoms. The van der Waals surface area contributed by atoms with Crippen molar-refractivity contribution in [2.45, 2.75) is 20.0 Å². The maximum absolute atomic E-state index is 11.6. The smallest absolute Gasteiger partial charge is 0.400 e. The SMILES string of the molecule is CCOC(=O)C(C)Oc1ccc(Oc2nc3cccc(Cl)c3o2)cc1. The van der Waals surface area contributed by atoms with Gasteiger partial charge in [-0.25, -0.2) is 4.79 Å². The van der Waals surface area contributed by atoms with Crippen molar-refractivity contribution >= 4 is 28.7 Å². The van der Waals surface area contributed by atoms with E-state index in [0.29, 0.717) is 34.2 Å². The van der Waals surface area contributed by atoms with E-state index in [4.69, 9.17) is 30.2 Å². The highest BCUT2D eigenvalue weighted by Crippen LogP contribution is 2.30. The highest BCUT2D eigenvalue weighted by Gasteiger charge is 2.16. The Kier molecular flexibility index (Phi) is 5.09. The van der Waals surface area contributed by atoms with Crippen LogP contribution in [0.5, 0.6) is 17.6 Å². The number of esters is 1. The Bertz CT molecular complexity index is 875. The minimum absolute atomic E-state index is 0.0941. The Balaban J connectivity index is 1.67. The van der Waals surface area contributed by atoms with Crippen LogP contribution < -0.4 is 9.47 Å². The van der Waals surface area contributed by atoms with Crippen LogP contribution in [0.3, 0.4) is 0 Å². The maximum atomic E-state index is 11.6. The van der Waals surface area contributed by atoms with Crippen LogP contribution in [0.4, 0.5) is 0 Å². The predicted octanol–water partition coefficient (Wildman–Crippen LogP) is 4.60. The number of halogens is 1. The van der Waals surface area contributed by atoms with Gasteiger partial charge in [-0.15, -0.1) is 0 Å². The molecule has 0 N–H and O–H groups in total. The summed E-state index contributed by atoms with van der Waals surface area (Å²) in [7, 11) is 0. The molecule has 0 fully saturated rings. The fraction of sp³-hybridized carbons (Fsp3) is 0.222. The van der Waals surface area contributed by atoms with Crippen LogP contribution in [-0.2, 0) is 9.53 Å². The van der Waals surface area contributed by atoms with Crippen molar-refractivity contribution in [3.63, 3.8) is 0 Å². The van der Waals surface area contributed by atoms with Crippen molar-refractivity contribution in [2.75, 3.05) is 6.61 Å². The molecule has 0 saturated heterocycles. The number of hydrogen-bond donors (Lipinski definition) is 0. The fourth-order valence-electron chi connectivity index (χ4n) is 2.14. The molecule has 0 saturated carbocycles. The highest BCUT2D eigenvalue weighted by atomic mass is 35.5. The molecule has 7 heteroatoms. The van der Waals surface area contributed by atoms with Crippen molar-refractivity contribution in [2.24, 2.45) is 0 Å². The van der Waals surface area contributed by atoms with Gasteiger partial charge in [0.2, 0.25) is 0 Å². The molecule has 0 amide bonds. The Labute approximate surface area is 149 Å². The van der Waals surface area contributed by atoms with Gasteiger partial charge in [-0.3, -0.25) is 0 Å². The van der Waals surface area contributed by atoms with Crippen LogP contribution in [0.1, 0.15) is 13.8 Å². The number of fused-ring (bicyclic) bond motifs is 1. The van der Waals surface area contributed by atoms with E-state index in [1.165, 1.54) is 0 Å². The number of nitrogens with zero attached hydrogens (tertiary/aromatic N) is 1. The first-order chi connectivity index (χ1) is 12.1. The molecular weight excluding hydrogens is 346 g/mol. The van der Waals surface area contributed by atoms with Crippen molar-refractivity contribution in [3.05, 3.63) is 47.5 Å². The summed E-state index contributed by atoms with van der Waals surface area (Å²) in [6.07, 6.45) is -0.595. The van der Waals surface area contributed by atoms with Crippen LogP contribution in [-0.4, -0.2) is 23.7 Å². The van der Waals surface area contributed by atoms with Gasteiger partial charge in [-0.05, 0) is 50.2 Å². The van der Waals surface area contributed by atoms with E-state index < -0.39 is 12.1 Å². The Hall–Kier alpha value is -2.73. The standard InChI is InChI=1S/C18H16ClNO5/c1-3-22-17(21)11(2)23-12-7-9-13(10-8-12)24-18-20-15-6-4-5-14(19)16(15)25-18/h4-11H,3H2,1-2H3. The van der Waals surface area contributed by atoms with E-state index in [0.717, 1.165) is 0 Å². The summed E-state index contributed by atoms with van der Waals surface area (Å²) in [5, 5.41) is 0.469. The Morgan fingerprint density at radius 3 is 2.60 bits per heavy atom. The maximum Gasteiger partial charge on any atom is 0.400 e. The van der Waals surface area contributed by atoms with Gasteiger partial charge in [0.25, 0.3) is 0 Å². The quantitative estimate of drug-likeness (QED) is 0.597. The molecular formula is C18H16ClNO5. The molecule has 2 aromatic carbocycles. The summed E-state index contributed by atoms with van der Waals surface area (Å²) < 4.78 is 21.5. The number of aromatic nitrogens is 1. The lowest BCUT2D eigenvalue weighted by atomic mass is 10.3. The minimum atomic E-state index is -0.689. The summed E-state index contributed by atoms with van der Waals surface area (Å²) in [6, 6.07) is 12.0. The number of carbonyl (C=O) groups excluding carboxylic acids is 1. The predicted molar refractivity (Wildman–Crippen MR) is 92.3 cm³/mol. The normalized spacial score (nSPS) is 12.0. The monoisotopic (exact) mass is 361 g/mol. The molecule has 1 heterocycles. The second-order valence-electron chi connectivity index (χ2n) is 5.15. The zero-order valence-corrected chi connectivity index (χ0v) is 14.4. The lowest BCUT2D eigenvalue weighted by Crippen LogP contribution is -2.25. The molecule has 0 aliphatic rings. The van der Waals surface area contributed by atoms with E-state index in [2.05, 4.69) is 4.98 Å². The highest BCUT2D eigenvalue weighted by molar-refractivity contribution is 6.34. The molecule has 3 aromatic rings. The first kappa shape index (κ1) is 17.1. The summed E-state index contributed by atoms with van der Waals surface area (Å²) >= 11 is 6.05. The first-order valence-electron chi connectivity index (χ1n) is 7.73. The summed E-state index contributed by atoms with van der Waals surface area (Å²) in [5.41, 5.74) is 1.09. The summed E-state index contributed by atoms with van der Waals surface area (Å²) in [6.45, 7) is 3.69. The van der Waals surface area contributed by atoms with E-state index in [1.807, 2.05) is 0 Å². The van der Waals surface area contributed by atoms with Crippen LogP contribution >= 0.6 is 11.6 Å². The average Bonchev–Trinajstić information content (AvgIpc) is 3.01. The molecule has 0 aliphatic heterocycles. The molecule has 3 rings (SSSR count). The van der Waals surface area contributed by atoms with E-state index in [-0.39, 0.29) is 6.08 Å². The second-order valence-corrected chi connectivity index (χ2v) is 5.56. The molecule has 1 atom stereocenters. The minimum Gasteiger partial charge on any atom is -0.479 e. The molecule has 6 nitrogen and oxygen atoms in total. The molecule has 130 valence electrons. The molecule has 1 aromatic heterocycles. The molecule has 1 unspecified atom stereocenters.